The minimum atomic E-state index is -3.47. The molecule has 0 aliphatic carbocycles. The van der Waals surface area contributed by atoms with E-state index >= 15 is 0 Å². The Labute approximate surface area is 137 Å². The number of benzene rings is 1. The van der Waals surface area contributed by atoms with Crippen LogP contribution in [0.5, 0.6) is 0 Å². The Morgan fingerprint density at radius 2 is 1.96 bits per heavy atom. The van der Waals surface area contributed by atoms with Crippen LogP contribution >= 0.6 is 0 Å². The number of rotatable bonds is 4. The van der Waals surface area contributed by atoms with Crippen LogP contribution in [0.2, 0.25) is 0 Å². The molecule has 2 heterocycles. The molecule has 6 nitrogen and oxygen atoms in total. The Morgan fingerprint density at radius 3 is 2.70 bits per heavy atom. The molecule has 0 spiro atoms. The fourth-order valence-electron chi connectivity index (χ4n) is 3.50. The van der Waals surface area contributed by atoms with Gasteiger partial charge in [0.1, 0.15) is 0 Å². The molecule has 3 rings (SSSR count). The molecular formula is C16H23N3O3S. The van der Waals surface area contributed by atoms with E-state index in [9.17, 15) is 13.2 Å². The van der Waals surface area contributed by atoms with Crippen molar-refractivity contribution in [3.05, 3.63) is 35.4 Å². The van der Waals surface area contributed by atoms with Gasteiger partial charge in [0.25, 0.3) is 0 Å². The molecule has 126 valence electrons. The van der Waals surface area contributed by atoms with Crippen LogP contribution in [0.1, 0.15) is 17.5 Å². The van der Waals surface area contributed by atoms with Crippen molar-refractivity contribution in [2.75, 3.05) is 31.9 Å². The summed E-state index contributed by atoms with van der Waals surface area (Å²) >= 11 is 0. The van der Waals surface area contributed by atoms with Crippen LogP contribution in [0.25, 0.3) is 0 Å². The van der Waals surface area contributed by atoms with Gasteiger partial charge in [-0.3, -0.25) is 9.69 Å². The average molecular weight is 337 g/mol. The lowest BCUT2D eigenvalue weighted by molar-refractivity contribution is -0.131. The lowest BCUT2D eigenvalue weighted by Gasteiger charge is -2.29. The van der Waals surface area contributed by atoms with Crippen LogP contribution in [-0.2, 0) is 27.8 Å². The fourth-order valence-corrected chi connectivity index (χ4v) is 4.43. The number of hydrogen-bond acceptors (Lipinski definition) is 4. The second kappa shape index (κ2) is 6.59. The van der Waals surface area contributed by atoms with E-state index in [-0.39, 0.29) is 17.6 Å². The van der Waals surface area contributed by atoms with Crippen molar-refractivity contribution < 1.29 is 13.2 Å². The maximum absolute atomic E-state index is 12.4. The smallest absolute Gasteiger partial charge is 0.236 e. The van der Waals surface area contributed by atoms with E-state index in [2.05, 4.69) is 23.1 Å². The number of amides is 1. The summed E-state index contributed by atoms with van der Waals surface area (Å²) in [6, 6.07) is 8.34. The molecule has 1 atom stereocenters. The maximum Gasteiger partial charge on any atom is 0.236 e. The first-order chi connectivity index (χ1) is 10.9. The molecule has 0 saturated carbocycles. The molecule has 2 aliphatic rings. The number of nitrogens with two attached hydrogens (primary N) is 1. The quantitative estimate of drug-likeness (QED) is 0.850. The maximum atomic E-state index is 12.4. The number of fused-ring (bicyclic) bond motifs is 1. The predicted molar refractivity (Wildman–Crippen MR) is 88.1 cm³/mol. The highest BCUT2D eigenvalue weighted by Crippen LogP contribution is 2.20. The molecule has 1 aromatic rings. The second-order valence-corrected chi connectivity index (χ2v) is 8.21. The van der Waals surface area contributed by atoms with Crippen LogP contribution in [-0.4, -0.2) is 56.1 Å². The summed E-state index contributed by atoms with van der Waals surface area (Å²) in [4.78, 5) is 16.4. The highest BCUT2D eigenvalue weighted by molar-refractivity contribution is 7.89. The zero-order valence-electron chi connectivity index (χ0n) is 13.1. The standard InChI is InChI=1S/C16H23N3O3S/c17-23(21,22)12-13-5-8-19(9-13)16(20)11-18-7-6-14-3-1-2-4-15(14)10-18/h1-4,13H,5-12H2,(H2,17,21,22). The van der Waals surface area contributed by atoms with Crippen molar-refractivity contribution in [1.82, 2.24) is 9.80 Å². The van der Waals surface area contributed by atoms with Crippen LogP contribution in [0.3, 0.4) is 0 Å². The topological polar surface area (TPSA) is 83.7 Å². The van der Waals surface area contributed by atoms with Gasteiger partial charge >= 0.3 is 0 Å². The van der Waals surface area contributed by atoms with Crippen molar-refractivity contribution in [3.63, 3.8) is 0 Å². The number of primary sulfonamides is 1. The monoisotopic (exact) mass is 337 g/mol. The van der Waals surface area contributed by atoms with Gasteiger partial charge in [0.05, 0.1) is 12.3 Å². The molecule has 1 saturated heterocycles. The average Bonchev–Trinajstić information content (AvgIpc) is 2.93. The van der Waals surface area contributed by atoms with Crippen LogP contribution < -0.4 is 5.14 Å². The number of carbonyl (C=O) groups is 1. The normalized spacial score (nSPS) is 22.1. The van der Waals surface area contributed by atoms with Gasteiger partial charge in [0, 0.05) is 26.2 Å². The highest BCUT2D eigenvalue weighted by atomic mass is 32.2. The lowest BCUT2D eigenvalue weighted by Crippen LogP contribution is -2.41. The van der Waals surface area contributed by atoms with E-state index < -0.39 is 10.0 Å². The van der Waals surface area contributed by atoms with E-state index in [0.29, 0.717) is 26.1 Å². The SMILES string of the molecule is NS(=O)(=O)CC1CCN(C(=O)CN2CCc3ccccc3C2)C1. The zero-order valence-corrected chi connectivity index (χ0v) is 14.0. The van der Waals surface area contributed by atoms with Gasteiger partial charge in [-0.05, 0) is 29.9 Å². The summed E-state index contributed by atoms with van der Waals surface area (Å²) < 4.78 is 22.3. The molecule has 2 N–H and O–H groups in total. The number of nitrogens with zero attached hydrogens (tertiary/aromatic N) is 2. The summed E-state index contributed by atoms with van der Waals surface area (Å²) in [7, 11) is -3.47. The molecule has 0 aromatic heterocycles. The molecule has 0 bridgehead atoms. The molecule has 2 aliphatic heterocycles. The van der Waals surface area contributed by atoms with Gasteiger partial charge in [-0.15, -0.1) is 0 Å². The Morgan fingerprint density at radius 1 is 1.22 bits per heavy atom. The molecule has 1 fully saturated rings. The van der Waals surface area contributed by atoms with E-state index in [1.54, 1.807) is 4.90 Å². The van der Waals surface area contributed by atoms with Gasteiger partial charge in [0.2, 0.25) is 15.9 Å². The summed E-state index contributed by atoms with van der Waals surface area (Å²) in [6.45, 7) is 3.22. The van der Waals surface area contributed by atoms with Gasteiger partial charge < -0.3 is 4.90 Å². The van der Waals surface area contributed by atoms with E-state index in [1.807, 2.05) is 6.07 Å². The minimum absolute atomic E-state index is 0.0315. The zero-order chi connectivity index (χ0) is 16.4. The van der Waals surface area contributed by atoms with Gasteiger partial charge in [-0.2, -0.15) is 0 Å². The summed E-state index contributed by atoms with van der Waals surface area (Å²) in [5.41, 5.74) is 2.66. The van der Waals surface area contributed by atoms with Crippen molar-refractivity contribution in [3.8, 4) is 0 Å². The first-order valence-corrected chi connectivity index (χ1v) is 9.69. The minimum Gasteiger partial charge on any atom is -0.341 e. The summed E-state index contributed by atoms with van der Waals surface area (Å²) in [5.74, 6) is 0.0192. The molecular weight excluding hydrogens is 314 g/mol. The Kier molecular flexibility index (Phi) is 4.70. The van der Waals surface area contributed by atoms with Gasteiger partial charge in [-0.1, -0.05) is 24.3 Å². The van der Waals surface area contributed by atoms with Crippen molar-refractivity contribution in [1.29, 1.82) is 0 Å². The van der Waals surface area contributed by atoms with E-state index in [1.165, 1.54) is 11.1 Å². The number of carbonyl (C=O) groups excluding carboxylic acids is 1. The van der Waals surface area contributed by atoms with Crippen molar-refractivity contribution >= 4 is 15.9 Å². The van der Waals surface area contributed by atoms with Crippen LogP contribution in [0, 0.1) is 5.92 Å². The molecule has 1 unspecified atom stereocenters. The first-order valence-electron chi connectivity index (χ1n) is 7.98. The third-order valence-electron chi connectivity index (χ3n) is 4.68. The van der Waals surface area contributed by atoms with Gasteiger partial charge in [-0.25, -0.2) is 13.6 Å². The van der Waals surface area contributed by atoms with E-state index in [0.717, 1.165) is 19.5 Å². The molecule has 7 heteroatoms. The fraction of sp³-hybridized carbons (Fsp3) is 0.562. The predicted octanol–water partition coefficient (Wildman–Crippen LogP) is 0.182. The van der Waals surface area contributed by atoms with E-state index in [4.69, 9.17) is 5.14 Å². The molecule has 1 amide bonds. The van der Waals surface area contributed by atoms with Crippen molar-refractivity contribution in [2.45, 2.75) is 19.4 Å². The largest absolute Gasteiger partial charge is 0.341 e. The third kappa shape index (κ3) is 4.31. The molecule has 0 radical (unpaired) electrons. The van der Waals surface area contributed by atoms with Crippen molar-refractivity contribution in [2.24, 2.45) is 11.1 Å². The number of sulfonamides is 1. The Hall–Kier alpha value is -1.44. The third-order valence-corrected chi connectivity index (χ3v) is 5.61. The van der Waals surface area contributed by atoms with Gasteiger partial charge in [0.15, 0.2) is 0 Å². The second-order valence-electron chi connectivity index (χ2n) is 6.55. The number of likely N-dealkylation sites (tertiary alicyclic amines) is 1. The molecule has 1 aromatic carbocycles. The Bertz CT molecular complexity index is 690. The summed E-state index contributed by atoms with van der Waals surface area (Å²) in [5, 5.41) is 5.09. The lowest BCUT2D eigenvalue weighted by atomic mass is 10.00. The first kappa shape index (κ1) is 16.4. The number of hydrogen-bond donors (Lipinski definition) is 1. The van der Waals surface area contributed by atoms with Crippen LogP contribution in [0.4, 0.5) is 0 Å². The Balaban J connectivity index is 1.53. The highest BCUT2D eigenvalue weighted by Gasteiger charge is 2.30. The molecule has 23 heavy (non-hydrogen) atoms. The summed E-state index contributed by atoms with van der Waals surface area (Å²) in [6.07, 6.45) is 1.68. The van der Waals surface area contributed by atoms with Crippen LogP contribution in [0.15, 0.2) is 24.3 Å².